The predicted octanol–water partition coefficient (Wildman–Crippen LogP) is 0.989. The molecule has 100 valence electrons. The molecule has 0 spiro atoms. The number of rotatable bonds is 5. The molecule has 0 bridgehead atoms. The maximum absolute atomic E-state index is 13.7. The molecule has 0 aliphatic heterocycles. The van der Waals surface area contributed by atoms with Crippen molar-refractivity contribution in [1.29, 1.82) is 0 Å². The molecule has 0 atom stereocenters. The van der Waals surface area contributed by atoms with E-state index < -0.39 is 5.82 Å². The summed E-state index contributed by atoms with van der Waals surface area (Å²) in [6.07, 6.45) is 0.291. The second-order valence-electron chi connectivity index (χ2n) is 3.89. The van der Waals surface area contributed by atoms with Crippen molar-refractivity contribution in [3.8, 4) is 5.75 Å². The summed E-state index contributed by atoms with van der Waals surface area (Å²) in [4.78, 5) is 12.8. The average Bonchev–Trinajstić information content (AvgIpc) is 2.35. The highest BCUT2D eigenvalue weighted by Crippen LogP contribution is 2.30. The van der Waals surface area contributed by atoms with E-state index in [0.717, 1.165) is 0 Å². The first kappa shape index (κ1) is 14.1. The Hall–Kier alpha value is -1.98. The van der Waals surface area contributed by atoms with Gasteiger partial charge in [0.1, 0.15) is 11.6 Å². The van der Waals surface area contributed by atoms with Gasteiger partial charge in [0.05, 0.1) is 18.5 Å². The van der Waals surface area contributed by atoms with Crippen LogP contribution in [-0.2, 0) is 4.79 Å². The molecule has 5 nitrogen and oxygen atoms in total. The zero-order valence-electron chi connectivity index (χ0n) is 10.8. The molecule has 6 heteroatoms. The van der Waals surface area contributed by atoms with Gasteiger partial charge >= 0.3 is 0 Å². The second kappa shape index (κ2) is 6.09. The van der Waals surface area contributed by atoms with Gasteiger partial charge in [0.25, 0.3) is 0 Å². The Morgan fingerprint density at radius 1 is 1.56 bits per heavy atom. The smallest absolute Gasteiger partial charge is 0.221 e. The quantitative estimate of drug-likeness (QED) is 0.770. The van der Waals surface area contributed by atoms with Crippen LogP contribution in [0.3, 0.4) is 0 Å². The fraction of sp³-hybridized carbons (Fsp3) is 0.417. The zero-order valence-corrected chi connectivity index (χ0v) is 10.8. The van der Waals surface area contributed by atoms with Gasteiger partial charge in [-0.05, 0) is 0 Å². The third-order valence-electron chi connectivity index (χ3n) is 2.66. The lowest BCUT2D eigenvalue weighted by Gasteiger charge is -2.20. The van der Waals surface area contributed by atoms with E-state index >= 15 is 0 Å². The highest BCUT2D eigenvalue weighted by Gasteiger charge is 2.13. The monoisotopic (exact) mass is 255 g/mol. The molecule has 0 heterocycles. The van der Waals surface area contributed by atoms with Crippen LogP contribution < -0.4 is 20.7 Å². The molecule has 0 radical (unpaired) electrons. The number of hydrogen-bond donors (Lipinski definition) is 2. The molecule has 18 heavy (non-hydrogen) atoms. The van der Waals surface area contributed by atoms with Crippen molar-refractivity contribution in [2.45, 2.75) is 6.42 Å². The van der Waals surface area contributed by atoms with Crippen LogP contribution >= 0.6 is 0 Å². The zero-order chi connectivity index (χ0) is 13.7. The molecular weight excluding hydrogens is 237 g/mol. The number of hydrogen-bond acceptors (Lipinski definition) is 4. The van der Waals surface area contributed by atoms with E-state index in [-0.39, 0.29) is 11.6 Å². The average molecular weight is 255 g/mol. The molecule has 1 amide bonds. The summed E-state index contributed by atoms with van der Waals surface area (Å²) in [6.45, 7) is 0.406. The highest BCUT2D eigenvalue weighted by atomic mass is 19.1. The van der Waals surface area contributed by atoms with Crippen molar-refractivity contribution < 1.29 is 13.9 Å². The lowest BCUT2D eigenvalue weighted by atomic mass is 10.2. The van der Waals surface area contributed by atoms with Gasteiger partial charge in [-0.3, -0.25) is 4.79 Å². The predicted molar refractivity (Wildman–Crippen MR) is 69.3 cm³/mol. The Bertz CT molecular complexity index is 438. The number of carbonyl (C=O) groups excluding carboxylic acids is 1. The maximum Gasteiger partial charge on any atom is 0.221 e. The minimum Gasteiger partial charge on any atom is -0.495 e. The van der Waals surface area contributed by atoms with Crippen LogP contribution in [0.4, 0.5) is 15.8 Å². The van der Waals surface area contributed by atoms with Crippen LogP contribution in [0.1, 0.15) is 6.42 Å². The molecule has 1 rings (SSSR count). The van der Waals surface area contributed by atoms with Gasteiger partial charge in [-0.2, -0.15) is 0 Å². The third kappa shape index (κ3) is 3.26. The van der Waals surface area contributed by atoms with E-state index in [1.165, 1.54) is 19.2 Å². The maximum atomic E-state index is 13.7. The topological polar surface area (TPSA) is 67.6 Å². The van der Waals surface area contributed by atoms with Gasteiger partial charge < -0.3 is 20.7 Å². The molecule has 0 saturated carbocycles. The number of carbonyl (C=O) groups is 1. The van der Waals surface area contributed by atoms with E-state index in [1.807, 2.05) is 0 Å². The van der Waals surface area contributed by atoms with E-state index in [1.54, 1.807) is 19.0 Å². The first-order chi connectivity index (χ1) is 8.49. The Morgan fingerprint density at radius 2 is 2.22 bits per heavy atom. The molecule has 3 N–H and O–H groups in total. The van der Waals surface area contributed by atoms with E-state index in [2.05, 4.69) is 5.32 Å². The number of benzene rings is 1. The van der Waals surface area contributed by atoms with Crippen LogP contribution in [-0.4, -0.2) is 33.7 Å². The van der Waals surface area contributed by atoms with Crippen molar-refractivity contribution in [3.63, 3.8) is 0 Å². The van der Waals surface area contributed by atoms with Gasteiger partial charge in [-0.1, -0.05) is 0 Å². The fourth-order valence-corrected chi connectivity index (χ4v) is 1.54. The second-order valence-corrected chi connectivity index (χ2v) is 3.89. The van der Waals surface area contributed by atoms with E-state index in [4.69, 9.17) is 10.5 Å². The first-order valence-electron chi connectivity index (χ1n) is 5.54. The van der Waals surface area contributed by atoms with Crippen LogP contribution in [0.15, 0.2) is 12.1 Å². The lowest BCUT2D eigenvalue weighted by Crippen LogP contribution is -2.26. The molecule has 1 aromatic rings. The molecule has 1 aromatic carbocycles. The summed E-state index contributed by atoms with van der Waals surface area (Å²) < 4.78 is 18.8. The first-order valence-corrected chi connectivity index (χ1v) is 5.54. The molecule has 0 saturated heterocycles. The molecule has 0 unspecified atom stereocenters. The molecular formula is C12H18FN3O2. The number of nitrogens with one attached hydrogen (secondary N) is 1. The summed E-state index contributed by atoms with van der Waals surface area (Å²) >= 11 is 0. The van der Waals surface area contributed by atoms with Crippen molar-refractivity contribution in [3.05, 3.63) is 17.9 Å². The van der Waals surface area contributed by atoms with Crippen molar-refractivity contribution >= 4 is 17.3 Å². The van der Waals surface area contributed by atoms with E-state index in [0.29, 0.717) is 24.4 Å². The van der Waals surface area contributed by atoms with Crippen LogP contribution in [0.5, 0.6) is 5.75 Å². The molecule has 0 fully saturated rings. The van der Waals surface area contributed by atoms with E-state index in [9.17, 15) is 9.18 Å². The van der Waals surface area contributed by atoms with Crippen molar-refractivity contribution in [2.24, 2.45) is 0 Å². The normalized spacial score (nSPS) is 10.0. The summed E-state index contributed by atoms with van der Waals surface area (Å²) in [5, 5.41) is 2.51. The standard InChI is InChI=1S/C12H18FN3O2/c1-15-12(17)4-5-16(2)10-7-11(18-3)9(14)6-8(10)13/h6-7H,4-5,14H2,1-3H3,(H,15,17). The number of nitrogen functional groups attached to an aromatic ring is 1. The summed E-state index contributed by atoms with van der Waals surface area (Å²) in [5.41, 5.74) is 6.20. The third-order valence-corrected chi connectivity index (χ3v) is 2.66. The molecule has 0 aliphatic rings. The molecule has 0 aliphatic carbocycles. The number of ether oxygens (including phenoxy) is 1. The van der Waals surface area contributed by atoms with Crippen molar-refractivity contribution in [2.75, 3.05) is 38.4 Å². The largest absolute Gasteiger partial charge is 0.495 e. The Kier molecular flexibility index (Phi) is 4.76. The summed E-state index contributed by atoms with van der Waals surface area (Å²) in [5.74, 6) is -0.115. The lowest BCUT2D eigenvalue weighted by molar-refractivity contribution is -0.120. The van der Waals surface area contributed by atoms with Gasteiger partial charge in [0, 0.05) is 39.2 Å². The SMILES string of the molecule is CNC(=O)CCN(C)c1cc(OC)c(N)cc1F. The Labute approximate surface area is 106 Å². The molecule has 0 aromatic heterocycles. The summed E-state index contributed by atoms with van der Waals surface area (Å²) in [7, 11) is 4.74. The minimum absolute atomic E-state index is 0.0929. The van der Waals surface area contributed by atoms with Gasteiger partial charge in [-0.15, -0.1) is 0 Å². The van der Waals surface area contributed by atoms with Crippen LogP contribution in [0.25, 0.3) is 0 Å². The van der Waals surface area contributed by atoms with Crippen LogP contribution in [0.2, 0.25) is 0 Å². The number of anilines is 2. The number of amides is 1. The van der Waals surface area contributed by atoms with Gasteiger partial charge in [-0.25, -0.2) is 4.39 Å². The highest BCUT2D eigenvalue weighted by molar-refractivity contribution is 5.76. The minimum atomic E-state index is -0.437. The Balaban J connectivity index is 2.84. The number of nitrogens with zero attached hydrogens (tertiary/aromatic N) is 1. The van der Waals surface area contributed by atoms with Gasteiger partial charge in [0.15, 0.2) is 0 Å². The number of halogens is 1. The fourth-order valence-electron chi connectivity index (χ4n) is 1.54. The van der Waals surface area contributed by atoms with Crippen molar-refractivity contribution in [1.82, 2.24) is 5.32 Å². The Morgan fingerprint density at radius 3 is 2.78 bits per heavy atom. The number of methoxy groups -OCH3 is 1. The van der Waals surface area contributed by atoms with Crippen LogP contribution in [0, 0.1) is 5.82 Å². The summed E-state index contributed by atoms with van der Waals surface area (Å²) in [6, 6.07) is 2.74. The van der Waals surface area contributed by atoms with Gasteiger partial charge in [0.2, 0.25) is 5.91 Å². The number of nitrogens with two attached hydrogens (primary N) is 1.